The van der Waals surface area contributed by atoms with Crippen molar-refractivity contribution in [1.29, 1.82) is 0 Å². The third kappa shape index (κ3) is 8.30. The van der Waals surface area contributed by atoms with Crippen LogP contribution in [0.2, 0.25) is 0 Å². The number of halogens is 2. The quantitative estimate of drug-likeness (QED) is 0.172. The number of hydrogen-bond acceptors (Lipinski definition) is 4. The second kappa shape index (κ2) is 16.0. The minimum absolute atomic E-state index is 0.00705. The lowest BCUT2D eigenvalue weighted by Gasteiger charge is -2.22. The number of benzene rings is 4. The van der Waals surface area contributed by atoms with E-state index in [0.29, 0.717) is 49.7 Å². The zero-order valence-electron chi connectivity index (χ0n) is 32.2. The largest absolute Gasteiger partial charge is 0.318 e. The molecular weight excluding hydrogens is 707 g/mol. The highest BCUT2D eigenvalue weighted by molar-refractivity contribution is 5.85. The van der Waals surface area contributed by atoms with Gasteiger partial charge in [0.05, 0.1) is 0 Å². The minimum atomic E-state index is -0.256. The van der Waals surface area contributed by atoms with Crippen LogP contribution in [0.25, 0.3) is 22.3 Å². The second-order valence-electron chi connectivity index (χ2n) is 15.2. The lowest BCUT2D eigenvalue weighted by molar-refractivity contribution is -0.119. The van der Waals surface area contributed by atoms with Crippen LogP contribution in [-0.2, 0) is 62.2 Å². The van der Waals surface area contributed by atoms with E-state index in [1.54, 1.807) is 47.5 Å². The molecule has 2 heterocycles. The van der Waals surface area contributed by atoms with Gasteiger partial charge in [0, 0.05) is 63.3 Å². The maximum atomic E-state index is 13.3. The van der Waals surface area contributed by atoms with E-state index in [2.05, 4.69) is 18.2 Å². The van der Waals surface area contributed by atoms with Crippen molar-refractivity contribution in [3.63, 3.8) is 0 Å². The first kappa shape index (κ1) is 38.3. The van der Waals surface area contributed by atoms with Gasteiger partial charge in [0.25, 0.3) is 11.1 Å². The first-order valence-electron chi connectivity index (χ1n) is 19.0. The van der Waals surface area contributed by atoms with E-state index in [-0.39, 0.29) is 34.3 Å². The molecule has 0 saturated carbocycles. The molecule has 0 fully saturated rings. The summed E-state index contributed by atoms with van der Waals surface area (Å²) in [4.78, 5) is 48.1. The monoisotopic (exact) mass is 750 g/mol. The Hall–Kier alpha value is -6.02. The van der Waals surface area contributed by atoms with E-state index in [1.807, 2.05) is 44.4 Å². The molecule has 0 aliphatic heterocycles. The number of Topliss-reactive ketones (excluding diaryl/α,β-unsaturated/α-hetero) is 2. The van der Waals surface area contributed by atoms with Crippen LogP contribution in [0.5, 0.6) is 0 Å². The van der Waals surface area contributed by atoms with E-state index in [4.69, 9.17) is 0 Å². The predicted molar refractivity (Wildman–Crippen MR) is 216 cm³/mol. The molecule has 0 unspecified atom stereocenters. The minimum Gasteiger partial charge on any atom is -0.318 e. The molecule has 2 aliphatic carbocycles. The smallest absolute Gasteiger partial charge is 0.253 e. The Morgan fingerprint density at radius 2 is 1.05 bits per heavy atom. The van der Waals surface area contributed by atoms with Gasteiger partial charge in [-0.3, -0.25) is 19.2 Å². The summed E-state index contributed by atoms with van der Waals surface area (Å²) >= 11 is 0. The van der Waals surface area contributed by atoms with E-state index in [9.17, 15) is 28.0 Å². The highest BCUT2D eigenvalue weighted by atomic mass is 19.1. The van der Waals surface area contributed by atoms with E-state index >= 15 is 0 Å². The highest BCUT2D eigenvalue weighted by Gasteiger charge is 2.23. The molecule has 0 saturated heterocycles. The van der Waals surface area contributed by atoms with Crippen LogP contribution < -0.4 is 11.1 Å². The SMILES string of the molecule is Cc1cc(-c2cc3c(cc2Cc2ccc(F)cc2)CC(=O)CC3)cn(C)c1=O.Cc1cc(-c2ccc3c(c2Cc2ccc(F)cc2)CCC(=O)C3)cn(C)c1=O. The first-order valence-corrected chi connectivity index (χ1v) is 19.0. The Kier molecular flexibility index (Phi) is 10.9. The van der Waals surface area contributed by atoms with Gasteiger partial charge in [-0.05, 0) is 143 Å². The molecule has 0 atom stereocenters. The molecule has 0 radical (unpaired) electrons. The van der Waals surface area contributed by atoms with Crippen LogP contribution in [0.4, 0.5) is 8.78 Å². The molecule has 6 aromatic rings. The first-order chi connectivity index (χ1) is 26.8. The fourth-order valence-electron chi connectivity index (χ4n) is 8.06. The van der Waals surface area contributed by atoms with Crippen molar-refractivity contribution >= 4 is 11.6 Å². The molecule has 6 nitrogen and oxygen atoms in total. The fourth-order valence-corrected chi connectivity index (χ4v) is 8.06. The van der Waals surface area contributed by atoms with Crippen LogP contribution in [0.15, 0.2) is 107 Å². The summed E-state index contributed by atoms with van der Waals surface area (Å²) in [7, 11) is 3.52. The number of fused-ring (bicyclic) bond motifs is 2. The molecule has 8 rings (SSSR count). The number of pyridine rings is 2. The Morgan fingerprint density at radius 1 is 0.536 bits per heavy atom. The topological polar surface area (TPSA) is 78.1 Å². The summed E-state index contributed by atoms with van der Waals surface area (Å²) < 4.78 is 29.9. The maximum absolute atomic E-state index is 13.3. The molecule has 8 heteroatoms. The van der Waals surface area contributed by atoms with Crippen molar-refractivity contribution in [2.45, 2.75) is 65.2 Å². The zero-order valence-corrected chi connectivity index (χ0v) is 32.2. The molecule has 2 aromatic heterocycles. The van der Waals surface area contributed by atoms with Crippen LogP contribution >= 0.6 is 0 Å². The number of carbonyl (C=O) groups is 2. The molecule has 56 heavy (non-hydrogen) atoms. The van der Waals surface area contributed by atoms with Gasteiger partial charge < -0.3 is 9.13 Å². The zero-order chi connectivity index (χ0) is 39.7. The number of hydrogen-bond donors (Lipinski definition) is 0. The number of aryl methyl sites for hydroxylation is 5. The van der Waals surface area contributed by atoms with Crippen molar-refractivity contribution in [2.24, 2.45) is 14.1 Å². The fraction of sp³-hybridized carbons (Fsp3) is 0.250. The maximum Gasteiger partial charge on any atom is 0.253 e. The van der Waals surface area contributed by atoms with Gasteiger partial charge in [-0.1, -0.05) is 48.5 Å². The summed E-state index contributed by atoms with van der Waals surface area (Å²) in [5.74, 6) is 0.0314. The highest BCUT2D eigenvalue weighted by Crippen LogP contribution is 2.35. The Labute approximate surface area is 325 Å². The van der Waals surface area contributed by atoms with Gasteiger partial charge >= 0.3 is 0 Å². The number of ketones is 2. The van der Waals surface area contributed by atoms with Gasteiger partial charge in [-0.15, -0.1) is 0 Å². The molecule has 2 aliphatic rings. The van der Waals surface area contributed by atoms with Crippen molar-refractivity contribution < 1.29 is 18.4 Å². The van der Waals surface area contributed by atoms with Gasteiger partial charge in [-0.25, -0.2) is 8.78 Å². The molecule has 0 spiro atoms. The second-order valence-corrected chi connectivity index (χ2v) is 15.2. The average Bonchev–Trinajstić information content (AvgIpc) is 3.17. The summed E-state index contributed by atoms with van der Waals surface area (Å²) in [5.41, 5.74) is 14.3. The lowest BCUT2D eigenvalue weighted by atomic mass is 9.82. The average molecular weight is 751 g/mol. The van der Waals surface area contributed by atoms with Gasteiger partial charge in [0.15, 0.2) is 0 Å². The summed E-state index contributed by atoms with van der Waals surface area (Å²) in [6, 6.07) is 25.3. The van der Waals surface area contributed by atoms with Gasteiger partial charge in [0.2, 0.25) is 0 Å². The summed E-state index contributed by atoms with van der Waals surface area (Å²) in [5, 5.41) is 0. The lowest BCUT2D eigenvalue weighted by Crippen LogP contribution is -2.19. The van der Waals surface area contributed by atoms with Crippen molar-refractivity contribution in [1.82, 2.24) is 9.13 Å². The predicted octanol–water partition coefficient (Wildman–Crippen LogP) is 8.30. The molecule has 0 amide bonds. The Morgan fingerprint density at radius 3 is 1.62 bits per heavy atom. The van der Waals surface area contributed by atoms with Crippen molar-refractivity contribution in [3.8, 4) is 22.3 Å². The van der Waals surface area contributed by atoms with E-state index < -0.39 is 0 Å². The Bertz CT molecular complexity index is 2490. The number of nitrogens with zero attached hydrogens (tertiary/aromatic N) is 2. The third-order valence-electron chi connectivity index (χ3n) is 11.0. The van der Waals surface area contributed by atoms with Crippen LogP contribution in [0.3, 0.4) is 0 Å². The Balaban J connectivity index is 0.000000172. The van der Waals surface area contributed by atoms with E-state index in [0.717, 1.165) is 68.5 Å². The van der Waals surface area contributed by atoms with E-state index in [1.165, 1.54) is 35.4 Å². The molecule has 0 N–H and O–H groups in total. The third-order valence-corrected chi connectivity index (χ3v) is 11.0. The van der Waals surface area contributed by atoms with Crippen molar-refractivity contribution in [2.75, 3.05) is 0 Å². The summed E-state index contributed by atoms with van der Waals surface area (Å²) in [6.45, 7) is 3.64. The van der Waals surface area contributed by atoms with Gasteiger partial charge in [-0.2, -0.15) is 0 Å². The standard InChI is InChI=1S/2C24H22FNO2/c1-15-11-18(14-26(2)24(15)28)22-9-5-17-13-20(27)8-10-21(17)23(22)12-16-3-6-19(25)7-4-16;1-15-9-20(14-26(2)24(15)28)23-13-17-5-8-22(27)12-18(17)11-19(23)10-16-3-6-21(25)7-4-16/h3-7,9,11,14H,8,10,12-13H2,1-2H3;3-4,6-7,9,11,13-14H,5,8,10,12H2,1-2H3. The number of aromatic nitrogens is 2. The van der Waals surface area contributed by atoms with Crippen LogP contribution in [0, 0.1) is 25.5 Å². The molecular formula is C48H44F2N2O4. The summed E-state index contributed by atoms with van der Waals surface area (Å²) in [6.07, 6.45) is 8.57. The van der Waals surface area contributed by atoms with Crippen molar-refractivity contribution in [3.05, 3.63) is 185 Å². The van der Waals surface area contributed by atoms with Crippen LogP contribution in [0.1, 0.15) is 68.5 Å². The molecule has 284 valence electrons. The van der Waals surface area contributed by atoms with Gasteiger partial charge in [0.1, 0.15) is 23.2 Å². The number of carbonyl (C=O) groups excluding carboxylic acids is 2. The number of rotatable bonds is 6. The van der Waals surface area contributed by atoms with Crippen LogP contribution in [-0.4, -0.2) is 20.7 Å². The molecule has 4 aromatic carbocycles. The molecule has 0 bridgehead atoms. The normalized spacial score (nSPS) is 13.5.